The summed E-state index contributed by atoms with van der Waals surface area (Å²) in [6.07, 6.45) is 4.65. The molecule has 2 rings (SSSR count). The molecule has 2 aromatic rings. The molecule has 22 heavy (non-hydrogen) atoms. The van der Waals surface area contributed by atoms with Crippen LogP contribution in [-0.4, -0.2) is 21.2 Å². The second kappa shape index (κ2) is 5.95. The molecule has 0 fully saturated rings. The highest BCUT2D eigenvalue weighted by atomic mass is 15.0. The maximum atomic E-state index is 4.64. The van der Waals surface area contributed by atoms with E-state index in [-0.39, 0.29) is 10.8 Å². The summed E-state index contributed by atoms with van der Waals surface area (Å²) in [6.45, 7) is 13.2. The minimum atomic E-state index is 0.0299. The van der Waals surface area contributed by atoms with Crippen LogP contribution in [-0.2, 0) is 10.8 Å². The quantitative estimate of drug-likeness (QED) is 0.780. The van der Waals surface area contributed by atoms with Gasteiger partial charge in [-0.15, -0.1) is 0 Å². The van der Waals surface area contributed by atoms with Gasteiger partial charge in [0.1, 0.15) is 12.7 Å². The van der Waals surface area contributed by atoms with E-state index in [1.165, 1.54) is 23.8 Å². The highest BCUT2D eigenvalue weighted by molar-refractivity contribution is 5.78. The van der Waals surface area contributed by atoms with Gasteiger partial charge in [0, 0.05) is 0 Å². The van der Waals surface area contributed by atoms with E-state index in [0.29, 0.717) is 5.82 Å². The van der Waals surface area contributed by atoms with Gasteiger partial charge in [-0.2, -0.15) is 0 Å². The Balaban J connectivity index is 2.48. The standard InChI is InChI=1S/C18H24N4/c1-17(2,3)13-7-8-14(18(4,5)6)15(9-13)20-10-16-21-11-19-12-22-16/h7-12H,1-6H3. The van der Waals surface area contributed by atoms with Crippen molar-refractivity contribution in [2.75, 3.05) is 0 Å². The van der Waals surface area contributed by atoms with E-state index in [4.69, 9.17) is 0 Å². The molecule has 0 aliphatic heterocycles. The molecule has 116 valence electrons. The van der Waals surface area contributed by atoms with E-state index in [1.807, 2.05) is 0 Å². The Labute approximate surface area is 132 Å². The van der Waals surface area contributed by atoms with E-state index in [2.05, 4.69) is 79.7 Å². The van der Waals surface area contributed by atoms with Crippen molar-refractivity contribution < 1.29 is 0 Å². The number of hydrogen-bond donors (Lipinski definition) is 0. The lowest BCUT2D eigenvalue weighted by atomic mass is 9.81. The second-order valence-corrected chi connectivity index (χ2v) is 7.49. The fraction of sp³-hybridized carbons (Fsp3) is 0.444. The van der Waals surface area contributed by atoms with Gasteiger partial charge in [0.15, 0.2) is 5.82 Å². The molecule has 0 atom stereocenters. The first-order valence-electron chi connectivity index (χ1n) is 7.49. The third-order valence-electron chi connectivity index (χ3n) is 3.50. The molecule has 0 saturated heterocycles. The molecule has 4 nitrogen and oxygen atoms in total. The second-order valence-electron chi connectivity index (χ2n) is 7.49. The van der Waals surface area contributed by atoms with Crippen LogP contribution in [0.25, 0.3) is 0 Å². The number of aliphatic imine (C=N–C) groups is 1. The van der Waals surface area contributed by atoms with Gasteiger partial charge >= 0.3 is 0 Å². The van der Waals surface area contributed by atoms with E-state index < -0.39 is 0 Å². The van der Waals surface area contributed by atoms with Crippen molar-refractivity contribution in [3.05, 3.63) is 47.8 Å². The van der Waals surface area contributed by atoms with Gasteiger partial charge in [0.05, 0.1) is 11.9 Å². The smallest absolute Gasteiger partial charge is 0.173 e. The van der Waals surface area contributed by atoms with Crippen molar-refractivity contribution in [3.63, 3.8) is 0 Å². The first-order valence-corrected chi connectivity index (χ1v) is 7.49. The fourth-order valence-corrected chi connectivity index (χ4v) is 2.18. The predicted molar refractivity (Wildman–Crippen MR) is 90.9 cm³/mol. The molecule has 4 heteroatoms. The summed E-state index contributed by atoms with van der Waals surface area (Å²) in [5, 5.41) is 0. The minimum absolute atomic E-state index is 0.0299. The van der Waals surface area contributed by atoms with Crippen LogP contribution in [0.3, 0.4) is 0 Å². The normalized spacial score (nSPS) is 12.8. The van der Waals surface area contributed by atoms with Crippen LogP contribution < -0.4 is 0 Å². The van der Waals surface area contributed by atoms with E-state index in [1.54, 1.807) is 6.21 Å². The molecule has 0 saturated carbocycles. The average Bonchev–Trinajstić information content (AvgIpc) is 2.44. The summed E-state index contributed by atoms with van der Waals surface area (Å²) in [6, 6.07) is 6.54. The highest BCUT2D eigenvalue weighted by Gasteiger charge is 2.21. The Morgan fingerprint density at radius 2 is 1.55 bits per heavy atom. The lowest BCUT2D eigenvalue weighted by Gasteiger charge is -2.25. The zero-order chi connectivity index (χ0) is 16.4. The van der Waals surface area contributed by atoms with Gasteiger partial charge in [-0.25, -0.2) is 15.0 Å². The molecule has 0 N–H and O–H groups in total. The van der Waals surface area contributed by atoms with Crippen LogP contribution >= 0.6 is 0 Å². The monoisotopic (exact) mass is 296 g/mol. The molecule has 0 spiro atoms. The lowest BCUT2D eigenvalue weighted by molar-refractivity contribution is 0.578. The number of aromatic nitrogens is 3. The van der Waals surface area contributed by atoms with Crippen molar-refractivity contribution in [1.29, 1.82) is 0 Å². The van der Waals surface area contributed by atoms with Gasteiger partial charge in [-0.3, -0.25) is 4.99 Å². The zero-order valence-corrected chi connectivity index (χ0v) is 14.3. The third-order valence-corrected chi connectivity index (χ3v) is 3.50. The third kappa shape index (κ3) is 3.97. The van der Waals surface area contributed by atoms with Gasteiger partial charge < -0.3 is 0 Å². The first kappa shape index (κ1) is 16.3. The zero-order valence-electron chi connectivity index (χ0n) is 14.3. The van der Waals surface area contributed by atoms with Gasteiger partial charge in [-0.05, 0) is 28.0 Å². The molecule has 0 bridgehead atoms. The molecule has 0 aliphatic carbocycles. The first-order chi connectivity index (χ1) is 10.2. The molecule has 1 heterocycles. The van der Waals surface area contributed by atoms with Crippen molar-refractivity contribution in [2.24, 2.45) is 4.99 Å². The Morgan fingerprint density at radius 3 is 2.09 bits per heavy atom. The minimum Gasteiger partial charge on any atom is -0.253 e. The molecule has 0 unspecified atom stereocenters. The highest BCUT2D eigenvalue weighted by Crippen LogP contribution is 2.35. The Hall–Kier alpha value is -2.10. The predicted octanol–water partition coefficient (Wildman–Crippen LogP) is 4.22. The Bertz CT molecular complexity index is 662. The topological polar surface area (TPSA) is 51.0 Å². The van der Waals surface area contributed by atoms with Gasteiger partial charge in [0.2, 0.25) is 0 Å². The van der Waals surface area contributed by atoms with Crippen LogP contribution in [0.15, 0.2) is 35.8 Å². The average molecular weight is 296 g/mol. The van der Waals surface area contributed by atoms with E-state index in [9.17, 15) is 0 Å². The van der Waals surface area contributed by atoms with Crippen LogP contribution in [0.1, 0.15) is 58.5 Å². The summed E-state index contributed by atoms with van der Waals surface area (Å²) in [5.74, 6) is 0.566. The van der Waals surface area contributed by atoms with Crippen LogP contribution in [0.4, 0.5) is 5.69 Å². The van der Waals surface area contributed by atoms with Crippen molar-refractivity contribution in [3.8, 4) is 0 Å². The van der Waals surface area contributed by atoms with Crippen molar-refractivity contribution in [2.45, 2.75) is 52.4 Å². The molecule has 0 aliphatic rings. The number of rotatable bonds is 2. The van der Waals surface area contributed by atoms with Gasteiger partial charge in [0.25, 0.3) is 0 Å². The number of nitrogens with zero attached hydrogens (tertiary/aromatic N) is 4. The summed E-state index contributed by atoms with van der Waals surface area (Å²) in [7, 11) is 0. The summed E-state index contributed by atoms with van der Waals surface area (Å²) < 4.78 is 0. The summed E-state index contributed by atoms with van der Waals surface area (Å²) in [4.78, 5) is 16.6. The largest absolute Gasteiger partial charge is 0.253 e. The SMILES string of the molecule is CC(C)(C)c1ccc(C(C)(C)C)c(N=Cc2ncncn2)c1. The van der Waals surface area contributed by atoms with Crippen LogP contribution in [0.5, 0.6) is 0 Å². The maximum Gasteiger partial charge on any atom is 0.173 e. The van der Waals surface area contributed by atoms with E-state index in [0.717, 1.165) is 5.69 Å². The molecule has 1 aromatic heterocycles. The van der Waals surface area contributed by atoms with Crippen molar-refractivity contribution >= 4 is 11.9 Å². The Kier molecular flexibility index (Phi) is 4.40. The molecule has 0 radical (unpaired) electrons. The number of benzene rings is 1. The molecule has 1 aromatic carbocycles. The summed E-state index contributed by atoms with van der Waals surface area (Å²) >= 11 is 0. The van der Waals surface area contributed by atoms with E-state index >= 15 is 0 Å². The van der Waals surface area contributed by atoms with Crippen LogP contribution in [0, 0.1) is 0 Å². The van der Waals surface area contributed by atoms with Gasteiger partial charge in [-0.1, -0.05) is 53.7 Å². The lowest BCUT2D eigenvalue weighted by Crippen LogP contribution is -2.15. The molecular weight excluding hydrogens is 272 g/mol. The molecular formula is C18H24N4. The van der Waals surface area contributed by atoms with Crippen molar-refractivity contribution in [1.82, 2.24) is 15.0 Å². The Morgan fingerprint density at radius 1 is 0.909 bits per heavy atom. The fourth-order valence-electron chi connectivity index (χ4n) is 2.18. The molecule has 0 amide bonds. The number of hydrogen-bond acceptors (Lipinski definition) is 4. The van der Waals surface area contributed by atoms with Crippen LogP contribution in [0.2, 0.25) is 0 Å². The summed E-state index contributed by atoms with van der Waals surface area (Å²) in [5.41, 5.74) is 3.57. The maximum absolute atomic E-state index is 4.64.